The molecule has 0 radical (unpaired) electrons. The molecule has 7 heteroatoms. The van der Waals surface area contributed by atoms with Gasteiger partial charge in [0.1, 0.15) is 0 Å². The second kappa shape index (κ2) is 8.25. The van der Waals surface area contributed by atoms with Crippen LogP contribution in [0, 0.1) is 0 Å². The Bertz CT molecular complexity index is 1300. The summed E-state index contributed by atoms with van der Waals surface area (Å²) in [4.78, 5) is 22.8. The quantitative estimate of drug-likeness (QED) is 0.439. The van der Waals surface area contributed by atoms with Gasteiger partial charge in [-0.05, 0) is 54.6 Å². The second-order valence-corrected chi connectivity index (χ2v) is 8.37. The van der Waals surface area contributed by atoms with Crippen LogP contribution in [0.15, 0.2) is 77.6 Å². The number of nitrogens with zero attached hydrogens (tertiary/aromatic N) is 4. The number of hydrogen-bond donors (Lipinski definition) is 0. The van der Waals surface area contributed by atoms with Gasteiger partial charge in [-0.25, -0.2) is 9.55 Å². The molecule has 31 heavy (non-hydrogen) atoms. The van der Waals surface area contributed by atoms with E-state index in [-0.39, 0.29) is 5.56 Å². The van der Waals surface area contributed by atoms with Crippen molar-refractivity contribution in [1.82, 2.24) is 9.55 Å². The normalized spacial score (nSPS) is 14.3. The highest BCUT2D eigenvalue weighted by molar-refractivity contribution is 6.31. The van der Waals surface area contributed by atoms with Gasteiger partial charge in [-0.15, -0.1) is 0 Å². The van der Waals surface area contributed by atoms with Gasteiger partial charge in [-0.1, -0.05) is 41.4 Å². The first-order valence-corrected chi connectivity index (χ1v) is 10.9. The molecule has 3 aromatic carbocycles. The molecule has 1 aliphatic rings. The van der Waals surface area contributed by atoms with E-state index in [0.29, 0.717) is 21.9 Å². The van der Waals surface area contributed by atoms with E-state index >= 15 is 0 Å². The molecule has 0 N–H and O–H groups in total. The Hall–Kier alpha value is -3.02. The molecule has 0 saturated carbocycles. The van der Waals surface area contributed by atoms with Crippen molar-refractivity contribution < 1.29 is 0 Å². The van der Waals surface area contributed by atoms with E-state index in [1.807, 2.05) is 54.6 Å². The predicted octanol–water partition coefficient (Wildman–Crippen LogP) is 5.02. The zero-order valence-electron chi connectivity index (χ0n) is 16.7. The van der Waals surface area contributed by atoms with Crippen LogP contribution in [-0.4, -0.2) is 35.7 Å². The van der Waals surface area contributed by atoms with Crippen molar-refractivity contribution in [1.29, 1.82) is 0 Å². The number of fused-ring (bicyclic) bond motifs is 1. The van der Waals surface area contributed by atoms with Gasteiger partial charge in [0.25, 0.3) is 5.56 Å². The van der Waals surface area contributed by atoms with E-state index in [1.54, 1.807) is 16.7 Å². The van der Waals surface area contributed by atoms with E-state index in [4.69, 9.17) is 28.2 Å². The molecule has 5 rings (SSSR count). The minimum absolute atomic E-state index is 0.0832. The molecule has 156 valence electrons. The summed E-state index contributed by atoms with van der Waals surface area (Å²) in [6.07, 6.45) is 0. The largest absolute Gasteiger partial charge is 0.368 e. The summed E-state index contributed by atoms with van der Waals surface area (Å²) < 4.78 is 1.69. The number of rotatable bonds is 3. The molecule has 0 spiro atoms. The first-order valence-electron chi connectivity index (χ1n) is 10.1. The molecular weight excluding hydrogens is 431 g/mol. The molecule has 5 nitrogen and oxygen atoms in total. The summed E-state index contributed by atoms with van der Waals surface area (Å²) in [6, 6.07) is 22.7. The zero-order chi connectivity index (χ0) is 21.4. The third-order valence-corrected chi connectivity index (χ3v) is 6.07. The van der Waals surface area contributed by atoms with Gasteiger partial charge >= 0.3 is 0 Å². The van der Waals surface area contributed by atoms with Crippen LogP contribution in [0.2, 0.25) is 10.0 Å². The van der Waals surface area contributed by atoms with Crippen molar-refractivity contribution in [3.05, 3.63) is 93.2 Å². The van der Waals surface area contributed by atoms with Crippen LogP contribution < -0.4 is 15.4 Å². The highest BCUT2D eigenvalue weighted by Gasteiger charge is 2.23. The fraction of sp³-hybridized carbons (Fsp3) is 0.167. The Morgan fingerprint density at radius 3 is 2.16 bits per heavy atom. The van der Waals surface area contributed by atoms with Crippen LogP contribution in [0.5, 0.6) is 0 Å². The molecule has 2 heterocycles. The van der Waals surface area contributed by atoms with Gasteiger partial charge in [0.05, 0.1) is 16.6 Å². The third-order valence-electron chi connectivity index (χ3n) is 5.58. The van der Waals surface area contributed by atoms with Crippen LogP contribution in [0.1, 0.15) is 0 Å². The monoisotopic (exact) mass is 450 g/mol. The first-order chi connectivity index (χ1) is 15.1. The lowest BCUT2D eigenvalue weighted by Crippen LogP contribution is -2.48. The SMILES string of the molecule is O=c1c2ccccc2nc(N2CCN(c3cccc(Cl)c3)CC2)n1-c1ccc(Cl)cc1. The molecule has 0 amide bonds. The maximum atomic E-state index is 13.4. The number of benzene rings is 3. The fourth-order valence-corrected chi connectivity index (χ4v) is 4.30. The van der Waals surface area contributed by atoms with Gasteiger partial charge in [0.15, 0.2) is 0 Å². The first kappa shape index (κ1) is 19.9. The highest BCUT2D eigenvalue weighted by Crippen LogP contribution is 2.25. The molecule has 0 bridgehead atoms. The van der Waals surface area contributed by atoms with Crippen molar-refractivity contribution >= 4 is 45.7 Å². The second-order valence-electron chi connectivity index (χ2n) is 7.50. The summed E-state index contributed by atoms with van der Waals surface area (Å²) in [7, 11) is 0. The van der Waals surface area contributed by atoms with Gasteiger partial charge in [0.2, 0.25) is 5.95 Å². The van der Waals surface area contributed by atoms with Crippen LogP contribution in [0.4, 0.5) is 11.6 Å². The van der Waals surface area contributed by atoms with E-state index in [1.165, 1.54) is 0 Å². The van der Waals surface area contributed by atoms with Crippen molar-refractivity contribution in [3.8, 4) is 5.69 Å². The fourth-order valence-electron chi connectivity index (χ4n) is 3.99. The molecule has 1 saturated heterocycles. The number of piperazine rings is 1. The summed E-state index contributed by atoms with van der Waals surface area (Å²) >= 11 is 12.2. The minimum atomic E-state index is -0.0832. The predicted molar refractivity (Wildman–Crippen MR) is 128 cm³/mol. The lowest BCUT2D eigenvalue weighted by atomic mass is 10.2. The van der Waals surface area contributed by atoms with Gasteiger partial charge in [-0.2, -0.15) is 0 Å². The number of anilines is 2. The molecule has 1 aliphatic heterocycles. The Morgan fingerprint density at radius 2 is 1.42 bits per heavy atom. The Kier molecular flexibility index (Phi) is 5.30. The molecule has 0 aliphatic carbocycles. The van der Waals surface area contributed by atoms with Crippen molar-refractivity contribution in [2.45, 2.75) is 0 Å². The summed E-state index contributed by atoms with van der Waals surface area (Å²) in [6.45, 7) is 3.10. The molecular formula is C24H20Cl2N4O. The lowest BCUT2D eigenvalue weighted by molar-refractivity contribution is 0.632. The number of aromatic nitrogens is 2. The third kappa shape index (κ3) is 3.87. The average Bonchev–Trinajstić information content (AvgIpc) is 2.80. The van der Waals surface area contributed by atoms with E-state index in [0.717, 1.165) is 42.6 Å². The maximum absolute atomic E-state index is 13.4. The minimum Gasteiger partial charge on any atom is -0.368 e. The van der Waals surface area contributed by atoms with Crippen LogP contribution in [0.3, 0.4) is 0 Å². The van der Waals surface area contributed by atoms with E-state index in [2.05, 4.69) is 15.9 Å². The summed E-state index contributed by atoms with van der Waals surface area (Å²) in [5, 5.41) is 1.95. The smallest absolute Gasteiger partial charge is 0.267 e. The highest BCUT2D eigenvalue weighted by atomic mass is 35.5. The van der Waals surface area contributed by atoms with E-state index in [9.17, 15) is 4.79 Å². The van der Waals surface area contributed by atoms with Crippen molar-refractivity contribution in [3.63, 3.8) is 0 Å². The van der Waals surface area contributed by atoms with E-state index < -0.39 is 0 Å². The van der Waals surface area contributed by atoms with Gasteiger partial charge in [0, 0.05) is 41.9 Å². The standard InChI is InChI=1S/C24H20Cl2N4O/c25-17-8-10-19(11-9-17)30-23(31)21-6-1-2-7-22(21)27-24(30)29-14-12-28(13-15-29)20-5-3-4-18(26)16-20/h1-11,16H,12-15H2. The number of halogens is 2. The Morgan fingerprint density at radius 1 is 0.710 bits per heavy atom. The van der Waals surface area contributed by atoms with Crippen molar-refractivity contribution in [2.24, 2.45) is 0 Å². The molecule has 0 unspecified atom stereocenters. The van der Waals surface area contributed by atoms with Crippen molar-refractivity contribution in [2.75, 3.05) is 36.0 Å². The van der Waals surface area contributed by atoms with Crippen LogP contribution in [0.25, 0.3) is 16.6 Å². The lowest BCUT2D eigenvalue weighted by Gasteiger charge is -2.37. The topological polar surface area (TPSA) is 41.4 Å². The average molecular weight is 451 g/mol. The van der Waals surface area contributed by atoms with Crippen LogP contribution in [-0.2, 0) is 0 Å². The number of hydrogen-bond acceptors (Lipinski definition) is 4. The van der Waals surface area contributed by atoms with Crippen LogP contribution >= 0.6 is 23.2 Å². The van der Waals surface area contributed by atoms with Gasteiger partial charge in [-0.3, -0.25) is 4.79 Å². The zero-order valence-corrected chi connectivity index (χ0v) is 18.2. The summed E-state index contributed by atoms with van der Waals surface area (Å²) in [5.74, 6) is 0.650. The maximum Gasteiger partial charge on any atom is 0.267 e. The molecule has 1 fully saturated rings. The Labute approximate surface area is 190 Å². The molecule has 4 aromatic rings. The summed E-state index contributed by atoms with van der Waals surface area (Å²) in [5.41, 5.74) is 2.47. The Balaban J connectivity index is 1.54. The van der Waals surface area contributed by atoms with Gasteiger partial charge < -0.3 is 9.80 Å². The molecule has 1 aromatic heterocycles. The molecule has 0 atom stereocenters. The number of para-hydroxylation sites is 1.